The average Bonchev–Trinajstić information content (AvgIpc) is 2.92. The predicted molar refractivity (Wildman–Crippen MR) is 149 cm³/mol. The van der Waals surface area contributed by atoms with Crippen LogP contribution in [0.25, 0.3) is 0 Å². The first-order valence-electron chi connectivity index (χ1n) is 13.1. The Hall–Kier alpha value is -2.20. The minimum atomic E-state index is -0.642. The van der Waals surface area contributed by atoms with Crippen molar-refractivity contribution in [3.8, 4) is 11.5 Å². The summed E-state index contributed by atoms with van der Waals surface area (Å²) in [4.78, 5) is 19.6. The third-order valence-corrected chi connectivity index (χ3v) is 7.53. The highest BCUT2D eigenvalue weighted by molar-refractivity contribution is 8.93. The molecule has 2 aliphatic heterocycles. The Kier molecular flexibility index (Phi) is 11.2. The summed E-state index contributed by atoms with van der Waals surface area (Å²) in [5.41, 5.74) is 8.17. The van der Waals surface area contributed by atoms with Gasteiger partial charge in [0.2, 0.25) is 5.91 Å². The largest absolute Gasteiger partial charge is 0.505 e. The fourth-order valence-electron chi connectivity index (χ4n) is 5.26. The lowest BCUT2D eigenvalue weighted by Gasteiger charge is -2.39. The average molecular weight is 580 g/mol. The summed E-state index contributed by atoms with van der Waals surface area (Å²) in [6, 6.07) is 13.0. The second-order valence-electron chi connectivity index (χ2n) is 9.85. The second kappa shape index (κ2) is 14.1. The highest BCUT2D eigenvalue weighted by Crippen LogP contribution is 2.30. The SMILES string of the molecule is Br.CCOc1ccc(O)c(F)c1CN1CCN(C(=O)[C@H](N)C2CCN(CCc3ccccc3)CC2)CC1. The van der Waals surface area contributed by atoms with Crippen molar-refractivity contribution in [1.82, 2.24) is 14.7 Å². The topological polar surface area (TPSA) is 82.3 Å². The van der Waals surface area contributed by atoms with Crippen LogP contribution in [-0.4, -0.2) is 84.2 Å². The number of phenols is 1. The number of hydrogen-bond donors (Lipinski definition) is 2. The fourth-order valence-corrected chi connectivity index (χ4v) is 5.26. The zero-order valence-corrected chi connectivity index (χ0v) is 23.4. The van der Waals surface area contributed by atoms with Gasteiger partial charge in [0.05, 0.1) is 12.6 Å². The third kappa shape index (κ3) is 7.66. The lowest BCUT2D eigenvalue weighted by atomic mass is 9.88. The van der Waals surface area contributed by atoms with Gasteiger partial charge in [-0.2, -0.15) is 0 Å². The van der Waals surface area contributed by atoms with Crippen molar-refractivity contribution in [3.63, 3.8) is 0 Å². The van der Waals surface area contributed by atoms with Crippen LogP contribution in [-0.2, 0) is 17.8 Å². The van der Waals surface area contributed by atoms with Crippen LogP contribution < -0.4 is 10.5 Å². The summed E-state index contributed by atoms with van der Waals surface area (Å²) in [6.45, 7) is 7.94. The molecule has 204 valence electrons. The number of nitrogens with zero attached hydrogens (tertiary/aromatic N) is 3. The summed E-state index contributed by atoms with van der Waals surface area (Å²) >= 11 is 0. The number of phenolic OH excluding ortho intramolecular Hbond substituents is 1. The Bertz CT molecular complexity index is 996. The van der Waals surface area contributed by atoms with E-state index in [1.807, 2.05) is 17.9 Å². The molecule has 2 aliphatic rings. The minimum absolute atomic E-state index is 0. The normalized spacial score (nSPS) is 18.3. The van der Waals surface area contributed by atoms with Crippen molar-refractivity contribution < 1.29 is 19.0 Å². The predicted octanol–water partition coefficient (Wildman–Crippen LogP) is 3.43. The molecule has 2 aromatic carbocycles. The quantitative estimate of drug-likeness (QED) is 0.474. The molecule has 3 N–H and O–H groups in total. The van der Waals surface area contributed by atoms with Crippen LogP contribution >= 0.6 is 17.0 Å². The summed E-state index contributed by atoms with van der Waals surface area (Å²) in [6.07, 6.45) is 2.93. The number of piperazine rings is 1. The Morgan fingerprint density at radius 2 is 1.73 bits per heavy atom. The van der Waals surface area contributed by atoms with Crippen molar-refractivity contribution in [2.75, 3.05) is 52.4 Å². The first kappa shape index (κ1) is 29.4. The van der Waals surface area contributed by atoms with E-state index in [-0.39, 0.29) is 34.6 Å². The van der Waals surface area contributed by atoms with E-state index in [2.05, 4.69) is 34.1 Å². The van der Waals surface area contributed by atoms with Gasteiger partial charge >= 0.3 is 0 Å². The monoisotopic (exact) mass is 578 g/mol. The molecule has 0 bridgehead atoms. The van der Waals surface area contributed by atoms with E-state index in [0.717, 1.165) is 38.9 Å². The molecule has 37 heavy (non-hydrogen) atoms. The molecular weight excluding hydrogens is 539 g/mol. The number of aromatic hydroxyl groups is 1. The van der Waals surface area contributed by atoms with Crippen molar-refractivity contribution in [3.05, 3.63) is 59.4 Å². The molecule has 7 nitrogen and oxygen atoms in total. The number of nitrogens with two attached hydrogens (primary N) is 1. The standard InChI is InChI=1S/C28H39FN4O3.BrH/c1-2-36-25-9-8-24(34)26(29)23(25)20-32-16-18-33(19-17-32)28(35)27(30)22-11-14-31(15-12-22)13-10-21-6-4-3-5-7-21;/h3-9,22,27,34H,2,10-20,30H2,1H3;1H/t27-;/m1./s1. The van der Waals surface area contributed by atoms with Crippen LogP contribution in [0.5, 0.6) is 11.5 Å². The minimum Gasteiger partial charge on any atom is -0.505 e. The number of piperidine rings is 1. The van der Waals surface area contributed by atoms with Gasteiger partial charge in [0.25, 0.3) is 0 Å². The number of hydrogen-bond acceptors (Lipinski definition) is 6. The zero-order chi connectivity index (χ0) is 25.5. The number of likely N-dealkylation sites (tertiary alicyclic amines) is 1. The molecule has 2 aromatic rings. The highest BCUT2D eigenvalue weighted by atomic mass is 79.9. The Morgan fingerprint density at radius 3 is 2.38 bits per heavy atom. The molecular formula is C28H40BrFN4O3. The molecule has 0 radical (unpaired) electrons. The molecule has 0 aliphatic carbocycles. The van der Waals surface area contributed by atoms with Crippen molar-refractivity contribution in [1.29, 1.82) is 0 Å². The summed E-state index contributed by atoms with van der Waals surface area (Å²) in [7, 11) is 0. The van der Waals surface area contributed by atoms with E-state index in [9.17, 15) is 14.3 Å². The van der Waals surface area contributed by atoms with E-state index in [1.54, 1.807) is 6.07 Å². The molecule has 1 atom stereocenters. The molecule has 0 aromatic heterocycles. The third-order valence-electron chi connectivity index (χ3n) is 7.53. The summed E-state index contributed by atoms with van der Waals surface area (Å²) in [5, 5.41) is 9.80. The highest BCUT2D eigenvalue weighted by Gasteiger charge is 2.33. The maximum absolute atomic E-state index is 14.6. The molecule has 0 spiro atoms. The number of rotatable bonds is 9. The van der Waals surface area contributed by atoms with Gasteiger partial charge in [0.15, 0.2) is 11.6 Å². The molecule has 2 saturated heterocycles. The van der Waals surface area contributed by atoms with E-state index >= 15 is 0 Å². The smallest absolute Gasteiger partial charge is 0.239 e. The zero-order valence-electron chi connectivity index (χ0n) is 21.7. The molecule has 9 heteroatoms. The van der Waals surface area contributed by atoms with Gasteiger partial charge in [-0.15, -0.1) is 17.0 Å². The van der Waals surface area contributed by atoms with Gasteiger partial charge in [-0.1, -0.05) is 30.3 Å². The molecule has 2 heterocycles. The van der Waals surface area contributed by atoms with Crippen LogP contribution in [0.15, 0.2) is 42.5 Å². The van der Waals surface area contributed by atoms with Gasteiger partial charge in [-0.25, -0.2) is 4.39 Å². The maximum Gasteiger partial charge on any atom is 0.239 e. The van der Waals surface area contributed by atoms with E-state index in [1.165, 1.54) is 11.6 Å². The molecule has 1 amide bonds. The molecule has 0 unspecified atom stereocenters. The maximum atomic E-state index is 14.6. The van der Waals surface area contributed by atoms with Gasteiger partial charge in [-0.05, 0) is 62.9 Å². The van der Waals surface area contributed by atoms with Crippen molar-refractivity contribution in [2.45, 2.75) is 38.8 Å². The molecule has 0 saturated carbocycles. The van der Waals surface area contributed by atoms with Crippen LogP contribution in [0.2, 0.25) is 0 Å². The van der Waals surface area contributed by atoms with Gasteiger partial charge in [-0.3, -0.25) is 9.69 Å². The fraction of sp³-hybridized carbons (Fsp3) is 0.536. The first-order valence-corrected chi connectivity index (χ1v) is 13.1. The van der Waals surface area contributed by atoms with Crippen molar-refractivity contribution >= 4 is 22.9 Å². The van der Waals surface area contributed by atoms with E-state index in [0.29, 0.717) is 50.6 Å². The van der Waals surface area contributed by atoms with Crippen LogP contribution in [0.1, 0.15) is 30.9 Å². The lowest BCUT2D eigenvalue weighted by Crippen LogP contribution is -2.55. The second-order valence-corrected chi connectivity index (χ2v) is 9.85. The Balaban J connectivity index is 0.00000380. The number of carbonyl (C=O) groups is 1. The molecule has 2 fully saturated rings. The van der Waals surface area contributed by atoms with Crippen LogP contribution in [0.3, 0.4) is 0 Å². The van der Waals surface area contributed by atoms with Crippen molar-refractivity contribution in [2.24, 2.45) is 11.7 Å². The Labute approximate surface area is 230 Å². The van der Waals surface area contributed by atoms with Gasteiger partial charge < -0.3 is 25.4 Å². The van der Waals surface area contributed by atoms with Gasteiger partial charge in [0, 0.05) is 44.8 Å². The number of ether oxygens (including phenoxy) is 1. The number of halogens is 2. The first-order chi connectivity index (χ1) is 17.5. The lowest BCUT2D eigenvalue weighted by molar-refractivity contribution is -0.136. The van der Waals surface area contributed by atoms with E-state index in [4.69, 9.17) is 10.5 Å². The molecule has 4 rings (SSSR count). The van der Waals surface area contributed by atoms with Crippen LogP contribution in [0, 0.1) is 11.7 Å². The number of carbonyl (C=O) groups excluding carboxylic acids is 1. The summed E-state index contributed by atoms with van der Waals surface area (Å²) in [5.74, 6) is -0.339. The Morgan fingerprint density at radius 1 is 1.05 bits per heavy atom. The summed E-state index contributed by atoms with van der Waals surface area (Å²) < 4.78 is 20.1. The number of amides is 1. The van der Waals surface area contributed by atoms with Gasteiger partial charge in [0.1, 0.15) is 5.75 Å². The van der Waals surface area contributed by atoms with Crippen LogP contribution in [0.4, 0.5) is 4.39 Å². The van der Waals surface area contributed by atoms with E-state index < -0.39 is 11.9 Å². The number of benzene rings is 2.